The van der Waals surface area contributed by atoms with Crippen molar-refractivity contribution in [2.24, 2.45) is 11.8 Å². The molecule has 0 rings (SSSR count). The summed E-state index contributed by atoms with van der Waals surface area (Å²) < 4.78 is 0. The Balaban J connectivity index is 3.79. The highest BCUT2D eigenvalue weighted by molar-refractivity contribution is 5.81. The van der Waals surface area contributed by atoms with Gasteiger partial charge in [-0.3, -0.25) is 0 Å². The largest absolute Gasteiger partial charge is 0.478 e. The zero-order valence-corrected chi connectivity index (χ0v) is 12.3. The lowest BCUT2D eigenvalue weighted by molar-refractivity contribution is -0.131. The molecule has 0 saturated heterocycles. The molecule has 0 amide bonds. The summed E-state index contributed by atoms with van der Waals surface area (Å²) in [6.07, 6.45) is 11.4. The van der Waals surface area contributed by atoms with Gasteiger partial charge >= 0.3 is 5.97 Å². The van der Waals surface area contributed by atoms with Gasteiger partial charge in [-0.1, -0.05) is 58.6 Å². The van der Waals surface area contributed by atoms with Gasteiger partial charge < -0.3 is 5.11 Å². The van der Waals surface area contributed by atoms with E-state index in [1.807, 2.05) is 13.0 Å². The molecule has 0 saturated carbocycles. The molecular weight excluding hydrogens is 224 g/mol. The Bertz CT molecular complexity index is 289. The van der Waals surface area contributed by atoms with Gasteiger partial charge in [-0.05, 0) is 30.8 Å². The molecule has 0 spiro atoms. The minimum atomic E-state index is -0.876. The fourth-order valence-electron chi connectivity index (χ4n) is 1.87. The highest BCUT2D eigenvalue weighted by Crippen LogP contribution is 2.17. The summed E-state index contributed by atoms with van der Waals surface area (Å²) in [7, 11) is 0. The van der Waals surface area contributed by atoms with Crippen molar-refractivity contribution >= 4 is 5.97 Å². The van der Waals surface area contributed by atoms with Crippen LogP contribution in [0.3, 0.4) is 0 Å². The lowest BCUT2D eigenvalue weighted by Gasteiger charge is -2.11. The van der Waals surface area contributed by atoms with E-state index in [1.54, 1.807) is 0 Å². The molecule has 0 radical (unpaired) electrons. The summed E-state index contributed by atoms with van der Waals surface area (Å²) in [4.78, 5) is 10.4. The van der Waals surface area contributed by atoms with E-state index < -0.39 is 5.97 Å². The molecule has 0 heterocycles. The Labute approximate surface area is 112 Å². The number of allylic oxidation sites excluding steroid dienone is 3. The zero-order valence-electron chi connectivity index (χ0n) is 12.3. The van der Waals surface area contributed by atoms with Gasteiger partial charge in [0, 0.05) is 6.08 Å². The first-order valence-electron chi connectivity index (χ1n) is 7.03. The normalized spacial score (nSPS) is 15.9. The van der Waals surface area contributed by atoms with Gasteiger partial charge in [0.1, 0.15) is 0 Å². The predicted octanol–water partition coefficient (Wildman–Crippen LogP) is 4.82. The third kappa shape index (κ3) is 10.1. The second kappa shape index (κ2) is 9.93. The smallest absolute Gasteiger partial charge is 0.328 e. The van der Waals surface area contributed by atoms with E-state index in [-0.39, 0.29) is 0 Å². The number of aliphatic carboxylic acids is 1. The fourth-order valence-corrected chi connectivity index (χ4v) is 1.87. The first kappa shape index (κ1) is 16.9. The molecule has 2 heteroatoms. The molecule has 104 valence electrons. The van der Waals surface area contributed by atoms with Crippen molar-refractivity contribution in [1.82, 2.24) is 0 Å². The first-order valence-corrected chi connectivity index (χ1v) is 7.03. The molecular formula is C16H28O2. The van der Waals surface area contributed by atoms with Crippen molar-refractivity contribution in [3.8, 4) is 0 Å². The molecule has 0 aromatic rings. The second-order valence-electron chi connectivity index (χ2n) is 5.41. The van der Waals surface area contributed by atoms with Crippen molar-refractivity contribution in [3.05, 3.63) is 23.8 Å². The summed E-state index contributed by atoms with van der Waals surface area (Å²) in [5.74, 6) is 0.648. The Morgan fingerprint density at radius 2 is 1.83 bits per heavy atom. The molecule has 0 fully saturated rings. The standard InChI is InChI=1S/C16H28O2/c1-5-13(2)8-6-9-14(3)10-7-11-15(4)12-16(17)18/h7,11-14H,5-6,8-10H2,1-4H3,(H,17,18)/b11-7+,15-12+. The molecule has 1 N–H and O–H groups in total. The number of carboxylic acids is 1. The van der Waals surface area contributed by atoms with Crippen LogP contribution in [0.4, 0.5) is 0 Å². The van der Waals surface area contributed by atoms with E-state index in [1.165, 1.54) is 31.8 Å². The van der Waals surface area contributed by atoms with Crippen LogP contribution < -0.4 is 0 Å². The average molecular weight is 252 g/mol. The van der Waals surface area contributed by atoms with Crippen LogP contribution in [0.25, 0.3) is 0 Å². The molecule has 0 bridgehead atoms. The summed E-state index contributed by atoms with van der Waals surface area (Å²) in [5, 5.41) is 8.57. The minimum absolute atomic E-state index is 0.683. The van der Waals surface area contributed by atoms with E-state index in [0.29, 0.717) is 5.92 Å². The van der Waals surface area contributed by atoms with Crippen LogP contribution in [0.5, 0.6) is 0 Å². The van der Waals surface area contributed by atoms with Crippen molar-refractivity contribution in [1.29, 1.82) is 0 Å². The van der Waals surface area contributed by atoms with Crippen LogP contribution in [0.2, 0.25) is 0 Å². The maximum Gasteiger partial charge on any atom is 0.328 e. The van der Waals surface area contributed by atoms with Crippen LogP contribution in [-0.2, 0) is 4.79 Å². The van der Waals surface area contributed by atoms with Gasteiger partial charge in [-0.2, -0.15) is 0 Å². The highest BCUT2D eigenvalue weighted by Gasteiger charge is 2.02. The third-order valence-corrected chi connectivity index (χ3v) is 3.36. The lowest BCUT2D eigenvalue weighted by atomic mass is 9.95. The molecule has 0 aromatic heterocycles. The maximum absolute atomic E-state index is 10.4. The lowest BCUT2D eigenvalue weighted by Crippen LogP contribution is -1.97. The number of carbonyl (C=O) groups is 1. The molecule has 2 atom stereocenters. The summed E-state index contributed by atoms with van der Waals surface area (Å²) >= 11 is 0. The Kier molecular flexibility index (Phi) is 9.35. The van der Waals surface area contributed by atoms with Gasteiger partial charge in [-0.25, -0.2) is 4.79 Å². The van der Waals surface area contributed by atoms with Crippen molar-refractivity contribution in [3.63, 3.8) is 0 Å². The predicted molar refractivity (Wildman–Crippen MR) is 77.6 cm³/mol. The van der Waals surface area contributed by atoms with Gasteiger partial charge in [0.15, 0.2) is 0 Å². The van der Waals surface area contributed by atoms with E-state index in [2.05, 4.69) is 26.8 Å². The Morgan fingerprint density at radius 1 is 1.22 bits per heavy atom. The van der Waals surface area contributed by atoms with Crippen molar-refractivity contribution in [2.75, 3.05) is 0 Å². The van der Waals surface area contributed by atoms with E-state index in [9.17, 15) is 4.79 Å². The van der Waals surface area contributed by atoms with Gasteiger partial charge in [-0.15, -0.1) is 0 Å². The van der Waals surface area contributed by atoms with Crippen LogP contribution in [0, 0.1) is 11.8 Å². The molecule has 18 heavy (non-hydrogen) atoms. The summed E-state index contributed by atoms with van der Waals surface area (Å²) in [5.41, 5.74) is 0.800. The second-order valence-corrected chi connectivity index (χ2v) is 5.41. The van der Waals surface area contributed by atoms with Crippen LogP contribution in [-0.4, -0.2) is 11.1 Å². The number of carboxylic acid groups (broad SMARTS) is 1. The van der Waals surface area contributed by atoms with Crippen molar-refractivity contribution in [2.45, 2.75) is 59.8 Å². The Hall–Kier alpha value is -1.05. The number of hydrogen-bond acceptors (Lipinski definition) is 1. The molecule has 0 aliphatic rings. The third-order valence-electron chi connectivity index (χ3n) is 3.36. The fraction of sp³-hybridized carbons (Fsp3) is 0.688. The van der Waals surface area contributed by atoms with Crippen LogP contribution >= 0.6 is 0 Å². The maximum atomic E-state index is 10.4. The first-order chi connectivity index (χ1) is 8.45. The average Bonchev–Trinajstić information content (AvgIpc) is 2.27. The monoisotopic (exact) mass is 252 g/mol. The molecule has 0 aliphatic carbocycles. The van der Waals surface area contributed by atoms with Crippen LogP contribution in [0.1, 0.15) is 59.8 Å². The quantitative estimate of drug-likeness (QED) is 0.472. The SMILES string of the molecule is CCC(C)CCCC(C)C/C=C/C(C)=C/C(=O)O. The zero-order chi connectivity index (χ0) is 14.0. The molecule has 2 unspecified atom stereocenters. The number of hydrogen-bond donors (Lipinski definition) is 1. The topological polar surface area (TPSA) is 37.3 Å². The summed E-state index contributed by atoms with van der Waals surface area (Å²) in [6, 6.07) is 0. The highest BCUT2D eigenvalue weighted by atomic mass is 16.4. The number of rotatable bonds is 9. The van der Waals surface area contributed by atoms with Gasteiger partial charge in [0.05, 0.1) is 0 Å². The van der Waals surface area contributed by atoms with Gasteiger partial charge in [0.25, 0.3) is 0 Å². The molecule has 0 aliphatic heterocycles. The van der Waals surface area contributed by atoms with Crippen LogP contribution in [0.15, 0.2) is 23.8 Å². The molecule has 2 nitrogen and oxygen atoms in total. The van der Waals surface area contributed by atoms with Crippen molar-refractivity contribution < 1.29 is 9.90 Å². The van der Waals surface area contributed by atoms with Gasteiger partial charge in [0.2, 0.25) is 0 Å². The van der Waals surface area contributed by atoms with E-state index in [4.69, 9.17) is 5.11 Å². The minimum Gasteiger partial charge on any atom is -0.478 e. The molecule has 0 aromatic carbocycles. The van der Waals surface area contributed by atoms with E-state index >= 15 is 0 Å². The van der Waals surface area contributed by atoms with E-state index in [0.717, 1.165) is 17.9 Å². The Morgan fingerprint density at radius 3 is 2.39 bits per heavy atom. The summed E-state index contributed by atoms with van der Waals surface area (Å²) in [6.45, 7) is 8.63.